The van der Waals surface area contributed by atoms with Crippen LogP contribution in [0.5, 0.6) is 0 Å². The number of hydrogen-bond donors (Lipinski definition) is 2. The zero-order valence-corrected chi connectivity index (χ0v) is 26.9. The molecule has 10 heteroatoms. The molecule has 3 fully saturated rings. The number of aliphatic hydroxyl groups is 2. The van der Waals surface area contributed by atoms with E-state index in [1.807, 2.05) is 42.7 Å². The first-order chi connectivity index (χ1) is 21.4. The summed E-state index contributed by atoms with van der Waals surface area (Å²) in [6, 6.07) is 15.9. The number of thioether (sulfide) groups is 1. The second-order valence-electron chi connectivity index (χ2n) is 13.4. The number of alkyl halides is 1. The van der Waals surface area contributed by atoms with E-state index in [1.54, 1.807) is 37.4 Å². The fraction of sp³-hybridized carbons (Fsp3) is 0.486. The van der Waals surface area contributed by atoms with Crippen LogP contribution in [-0.4, -0.2) is 58.1 Å². The van der Waals surface area contributed by atoms with Crippen molar-refractivity contribution in [3.63, 3.8) is 0 Å². The SMILES string of the molecule is CSc1cccc(Sc2ccc(C3OC4C[C@H]5[C@@H]6CC(F)=C7CC(=O)C=C[C@]7(C)[C@@]6(F)[C@@H](O)C[C@]5(C)[C@]4(C(=O)CO)O3)cc2)c1. The van der Waals surface area contributed by atoms with Gasteiger partial charge in [0.25, 0.3) is 0 Å². The van der Waals surface area contributed by atoms with Crippen LogP contribution in [0.4, 0.5) is 8.78 Å². The van der Waals surface area contributed by atoms with Crippen molar-refractivity contribution in [3.8, 4) is 0 Å². The van der Waals surface area contributed by atoms with Crippen LogP contribution in [0.25, 0.3) is 0 Å². The topological polar surface area (TPSA) is 93.1 Å². The lowest BCUT2D eigenvalue weighted by Crippen LogP contribution is -2.69. The van der Waals surface area contributed by atoms with Gasteiger partial charge in [-0.15, -0.1) is 11.8 Å². The van der Waals surface area contributed by atoms with Gasteiger partial charge in [0.15, 0.2) is 29.1 Å². The van der Waals surface area contributed by atoms with Gasteiger partial charge in [-0.05, 0) is 73.9 Å². The van der Waals surface area contributed by atoms with Crippen LogP contribution >= 0.6 is 23.5 Å². The summed E-state index contributed by atoms with van der Waals surface area (Å²) < 4.78 is 46.3. The highest BCUT2D eigenvalue weighted by molar-refractivity contribution is 7.99. The van der Waals surface area contributed by atoms with Crippen LogP contribution in [-0.2, 0) is 19.1 Å². The minimum absolute atomic E-state index is 0.0851. The van der Waals surface area contributed by atoms with Crippen molar-refractivity contribution in [2.75, 3.05) is 12.9 Å². The van der Waals surface area contributed by atoms with Crippen molar-refractivity contribution in [1.29, 1.82) is 0 Å². The zero-order chi connectivity index (χ0) is 31.9. The van der Waals surface area contributed by atoms with Crippen LogP contribution in [0.3, 0.4) is 0 Å². The van der Waals surface area contributed by atoms with E-state index in [1.165, 1.54) is 17.0 Å². The number of halogens is 2. The molecule has 0 spiro atoms. The molecule has 0 aromatic heterocycles. The summed E-state index contributed by atoms with van der Waals surface area (Å²) >= 11 is 3.30. The monoisotopic (exact) mass is 654 g/mol. The lowest BCUT2D eigenvalue weighted by atomic mass is 9.45. The Bertz CT molecular complexity index is 1630. The highest BCUT2D eigenvalue weighted by atomic mass is 32.2. The largest absolute Gasteiger partial charge is 0.390 e. The smallest absolute Gasteiger partial charge is 0.193 e. The maximum absolute atomic E-state index is 17.6. The number of fused-ring (bicyclic) bond motifs is 7. The van der Waals surface area contributed by atoms with Gasteiger partial charge in [0, 0.05) is 49.8 Å². The van der Waals surface area contributed by atoms with Crippen molar-refractivity contribution in [2.45, 2.75) is 84.0 Å². The van der Waals surface area contributed by atoms with Crippen LogP contribution in [0, 0.1) is 22.7 Å². The van der Waals surface area contributed by atoms with Crippen LogP contribution in [0.2, 0.25) is 0 Å². The van der Waals surface area contributed by atoms with Crippen molar-refractivity contribution in [3.05, 3.63) is 77.6 Å². The standard InChI is InChI=1S/C35H36F2O6S2/c1-32-12-11-20(39)13-26(32)27(36)15-25-24-16-30-35(29(41)18-38,33(24,2)17-28(40)34(25,32)37)43-31(42-30)19-7-9-21(10-8-19)45-23-6-4-5-22(14-23)44-3/h4-12,14,24-25,28,30-31,38,40H,13,15-18H2,1-3H3/t24-,25-,28-,30?,31?,32-,33-,34-,35+/m0/s1. The molecular weight excluding hydrogens is 619 g/mol. The van der Waals surface area contributed by atoms with E-state index in [0.29, 0.717) is 5.56 Å². The Morgan fingerprint density at radius 2 is 1.82 bits per heavy atom. The predicted molar refractivity (Wildman–Crippen MR) is 166 cm³/mol. The average Bonchev–Trinajstić information content (AvgIpc) is 3.53. The summed E-state index contributed by atoms with van der Waals surface area (Å²) in [5.74, 6) is -3.04. The molecule has 2 saturated carbocycles. The molecule has 0 amide bonds. The fourth-order valence-electron chi connectivity index (χ4n) is 9.18. The molecular formula is C35H36F2O6S2. The second kappa shape index (κ2) is 10.9. The number of carbonyl (C=O) groups excluding carboxylic acids is 2. The maximum Gasteiger partial charge on any atom is 0.193 e. The number of ketones is 2. The van der Waals surface area contributed by atoms with Crippen molar-refractivity contribution in [1.82, 2.24) is 0 Å². The van der Waals surface area contributed by atoms with E-state index >= 15 is 8.78 Å². The summed E-state index contributed by atoms with van der Waals surface area (Å²) in [7, 11) is 0. The molecule has 2 aromatic rings. The summed E-state index contributed by atoms with van der Waals surface area (Å²) in [5, 5.41) is 21.9. The van der Waals surface area contributed by atoms with E-state index in [4.69, 9.17) is 9.47 Å². The van der Waals surface area contributed by atoms with Gasteiger partial charge in [-0.3, -0.25) is 9.59 Å². The molecule has 1 aliphatic heterocycles. The molecule has 2 N–H and O–H groups in total. The molecule has 6 nitrogen and oxygen atoms in total. The molecule has 2 aromatic carbocycles. The number of ether oxygens (including phenoxy) is 2. The third-order valence-electron chi connectivity index (χ3n) is 11.4. The lowest BCUT2D eigenvalue weighted by molar-refractivity contribution is -0.229. The number of Topliss-reactive ketones (excluding diaryl/α,β-unsaturated/α-hetero) is 1. The van der Waals surface area contributed by atoms with Gasteiger partial charge >= 0.3 is 0 Å². The number of carbonyl (C=O) groups is 2. The van der Waals surface area contributed by atoms with Gasteiger partial charge < -0.3 is 19.7 Å². The predicted octanol–water partition coefficient (Wildman–Crippen LogP) is 6.55. The Morgan fingerprint density at radius 3 is 2.53 bits per heavy atom. The Balaban J connectivity index is 1.20. The molecule has 1 saturated heterocycles. The first-order valence-corrected chi connectivity index (χ1v) is 17.3. The van der Waals surface area contributed by atoms with E-state index < -0.39 is 70.7 Å². The van der Waals surface area contributed by atoms with Crippen LogP contribution < -0.4 is 0 Å². The highest BCUT2D eigenvalue weighted by Gasteiger charge is 2.79. The van der Waals surface area contributed by atoms with Gasteiger partial charge in [0.2, 0.25) is 0 Å². The minimum Gasteiger partial charge on any atom is -0.390 e. The normalized spacial score (nSPS) is 40.2. The third kappa shape index (κ3) is 4.29. The van der Waals surface area contributed by atoms with Crippen molar-refractivity contribution in [2.24, 2.45) is 22.7 Å². The Morgan fingerprint density at radius 1 is 1.09 bits per heavy atom. The first kappa shape index (κ1) is 31.3. The van der Waals surface area contributed by atoms with Crippen LogP contribution in [0.1, 0.15) is 51.4 Å². The van der Waals surface area contributed by atoms with Gasteiger partial charge in [-0.1, -0.05) is 43.0 Å². The lowest BCUT2D eigenvalue weighted by Gasteiger charge is -2.62. The molecule has 238 valence electrons. The molecule has 2 unspecified atom stereocenters. The van der Waals surface area contributed by atoms with E-state index in [2.05, 4.69) is 12.1 Å². The Labute approximate surface area is 269 Å². The molecule has 9 atom stereocenters. The average molecular weight is 655 g/mol. The quantitative estimate of drug-likeness (QED) is 0.339. The Hall–Kier alpha value is -2.34. The van der Waals surface area contributed by atoms with Gasteiger partial charge in [-0.25, -0.2) is 8.78 Å². The second-order valence-corrected chi connectivity index (χ2v) is 15.4. The molecule has 1 heterocycles. The van der Waals surface area contributed by atoms with E-state index in [-0.39, 0.29) is 37.0 Å². The number of rotatable bonds is 6. The molecule has 45 heavy (non-hydrogen) atoms. The van der Waals surface area contributed by atoms with Gasteiger partial charge in [0.1, 0.15) is 12.4 Å². The molecule has 4 aliphatic carbocycles. The zero-order valence-electron chi connectivity index (χ0n) is 25.3. The van der Waals surface area contributed by atoms with Gasteiger partial charge in [0.05, 0.1) is 12.2 Å². The number of benzene rings is 2. The van der Waals surface area contributed by atoms with E-state index in [9.17, 15) is 19.8 Å². The fourth-order valence-corrected chi connectivity index (χ4v) is 10.6. The van der Waals surface area contributed by atoms with Crippen LogP contribution in [0.15, 0.2) is 86.8 Å². The summed E-state index contributed by atoms with van der Waals surface area (Å²) in [6.07, 6.45) is 0.907. The maximum atomic E-state index is 17.6. The summed E-state index contributed by atoms with van der Waals surface area (Å²) in [4.78, 5) is 29.2. The third-order valence-corrected chi connectivity index (χ3v) is 13.1. The van der Waals surface area contributed by atoms with Crippen molar-refractivity contribution >= 4 is 35.1 Å². The summed E-state index contributed by atoms with van der Waals surface area (Å²) in [6.45, 7) is 2.52. The Kier molecular flexibility index (Phi) is 7.54. The van der Waals surface area contributed by atoms with E-state index in [0.717, 1.165) is 9.79 Å². The molecule has 0 radical (unpaired) electrons. The first-order valence-electron chi connectivity index (χ1n) is 15.3. The molecule has 5 aliphatic rings. The number of aliphatic hydroxyl groups excluding tert-OH is 2. The van der Waals surface area contributed by atoms with Gasteiger partial charge in [-0.2, -0.15) is 0 Å². The number of allylic oxidation sites excluding steroid dienone is 4. The molecule has 7 rings (SSSR count). The van der Waals surface area contributed by atoms with Crippen molar-refractivity contribution < 1.29 is 38.1 Å². The summed E-state index contributed by atoms with van der Waals surface area (Å²) in [5.41, 5.74) is -5.84. The molecule has 0 bridgehead atoms. The number of hydrogen-bond acceptors (Lipinski definition) is 8. The minimum atomic E-state index is -2.27. The highest BCUT2D eigenvalue weighted by Crippen LogP contribution is 2.72.